The molecule has 0 fully saturated rings. The summed E-state index contributed by atoms with van der Waals surface area (Å²) in [7, 11) is 0. The molecule has 0 aliphatic heterocycles. The summed E-state index contributed by atoms with van der Waals surface area (Å²) in [5.41, 5.74) is 3.74. The molecule has 0 amide bonds. The minimum Gasteiger partial charge on any atom is -0.367 e. The third-order valence-electron chi connectivity index (χ3n) is 4.28. The Kier molecular flexibility index (Phi) is 5.47. The fourth-order valence-corrected chi connectivity index (χ4v) is 3.67. The van der Waals surface area contributed by atoms with Crippen LogP contribution in [-0.2, 0) is 0 Å². The Bertz CT molecular complexity index is 1020. The molecule has 8 heteroatoms. The van der Waals surface area contributed by atoms with Crippen LogP contribution in [-0.4, -0.2) is 26.5 Å². The minimum absolute atomic E-state index is 0.102. The molecular formula is C19H14Cl2IN5. The molecule has 0 atom stereocenters. The van der Waals surface area contributed by atoms with Gasteiger partial charge in [0.1, 0.15) is 5.52 Å². The molecule has 2 N–H and O–H groups in total. The summed E-state index contributed by atoms with van der Waals surface area (Å²) in [5.74, 6) is 0.833. The first-order valence-corrected chi connectivity index (χ1v) is 10.0. The predicted molar refractivity (Wildman–Crippen MR) is 118 cm³/mol. The van der Waals surface area contributed by atoms with E-state index >= 15 is 0 Å². The Morgan fingerprint density at radius 3 is 2.11 bits per heavy atom. The Labute approximate surface area is 179 Å². The number of aromatic nitrogens is 4. The number of nitrogens with one attached hydrogen (secondary N) is 2. The van der Waals surface area contributed by atoms with Crippen molar-refractivity contribution < 1.29 is 0 Å². The third kappa shape index (κ3) is 4.17. The van der Waals surface area contributed by atoms with Crippen LogP contribution in [0.25, 0.3) is 11.2 Å². The zero-order chi connectivity index (χ0) is 18.8. The van der Waals surface area contributed by atoms with Crippen molar-refractivity contribution in [1.29, 1.82) is 0 Å². The monoisotopic (exact) mass is 509 g/mol. The maximum Gasteiger partial charge on any atom is 0.194 e. The van der Waals surface area contributed by atoms with E-state index in [0.29, 0.717) is 26.1 Å². The lowest BCUT2D eigenvalue weighted by molar-refractivity contribution is 0.848. The van der Waals surface area contributed by atoms with E-state index in [1.165, 1.54) is 0 Å². The number of anilines is 1. The molecule has 4 rings (SSSR count). The van der Waals surface area contributed by atoms with Crippen molar-refractivity contribution in [2.45, 2.75) is 5.92 Å². The molecule has 0 saturated heterocycles. The summed E-state index contributed by atoms with van der Waals surface area (Å²) >= 11 is 14.2. The molecule has 0 radical (unpaired) electrons. The number of rotatable bonds is 5. The standard InChI is InChI=1S/C19H14Cl2IN5/c20-13-5-1-11(2-6-13)15(12-3-7-14(21)8-4-12)9-23-17-16-18(25-10-24-16)27-19(22)26-17/h1-8,10,15H,9H2,(H2,23,24,25,26,27). The van der Waals surface area contributed by atoms with Gasteiger partial charge in [0, 0.05) is 45.1 Å². The van der Waals surface area contributed by atoms with Crippen LogP contribution in [0.3, 0.4) is 0 Å². The quantitative estimate of drug-likeness (QED) is 0.275. The zero-order valence-electron chi connectivity index (χ0n) is 14.0. The average molecular weight is 510 g/mol. The summed E-state index contributed by atoms with van der Waals surface area (Å²) in [6, 6.07) is 15.8. The molecule has 5 nitrogen and oxygen atoms in total. The van der Waals surface area contributed by atoms with Gasteiger partial charge in [-0.05, 0) is 35.4 Å². The van der Waals surface area contributed by atoms with E-state index in [9.17, 15) is 0 Å². The molecule has 4 aromatic rings. The van der Waals surface area contributed by atoms with Crippen LogP contribution in [0.4, 0.5) is 5.82 Å². The summed E-state index contributed by atoms with van der Waals surface area (Å²) in [6.07, 6.45) is 1.62. The van der Waals surface area contributed by atoms with Gasteiger partial charge in [-0.25, -0.2) is 15.0 Å². The molecule has 136 valence electrons. The fraction of sp³-hybridized carbons (Fsp3) is 0.105. The molecule has 27 heavy (non-hydrogen) atoms. The number of halogens is 3. The molecular weight excluding hydrogens is 496 g/mol. The second-order valence-corrected chi connectivity index (χ2v) is 7.82. The zero-order valence-corrected chi connectivity index (χ0v) is 17.6. The largest absolute Gasteiger partial charge is 0.367 e. The minimum atomic E-state index is 0.102. The van der Waals surface area contributed by atoms with Crippen LogP contribution >= 0.6 is 45.8 Å². The summed E-state index contributed by atoms with van der Waals surface area (Å²) < 4.78 is 0.643. The van der Waals surface area contributed by atoms with Crippen LogP contribution < -0.4 is 5.32 Å². The van der Waals surface area contributed by atoms with Crippen molar-refractivity contribution in [2.24, 2.45) is 0 Å². The van der Waals surface area contributed by atoms with Crippen LogP contribution in [0.2, 0.25) is 10.0 Å². The predicted octanol–water partition coefficient (Wildman–Crippen LogP) is 5.51. The molecule has 2 aromatic carbocycles. The smallest absolute Gasteiger partial charge is 0.194 e. The maximum absolute atomic E-state index is 6.06. The third-order valence-corrected chi connectivity index (χ3v) is 5.26. The summed E-state index contributed by atoms with van der Waals surface area (Å²) in [5, 5.41) is 4.88. The van der Waals surface area contributed by atoms with Crippen LogP contribution in [0, 0.1) is 3.83 Å². The first kappa shape index (κ1) is 18.5. The van der Waals surface area contributed by atoms with Gasteiger partial charge in [0.15, 0.2) is 15.3 Å². The number of hydrogen-bond donors (Lipinski definition) is 2. The van der Waals surface area contributed by atoms with Crippen molar-refractivity contribution in [2.75, 3.05) is 11.9 Å². The summed E-state index contributed by atoms with van der Waals surface area (Å²) in [6.45, 7) is 0.643. The van der Waals surface area contributed by atoms with Gasteiger partial charge in [-0.2, -0.15) is 0 Å². The number of imidazole rings is 1. The van der Waals surface area contributed by atoms with Crippen molar-refractivity contribution >= 4 is 62.8 Å². The van der Waals surface area contributed by atoms with Crippen molar-refractivity contribution in [3.05, 3.63) is 79.9 Å². The van der Waals surface area contributed by atoms with Gasteiger partial charge in [0.05, 0.1) is 6.33 Å². The molecule has 0 bridgehead atoms. The van der Waals surface area contributed by atoms with Gasteiger partial charge in [-0.15, -0.1) is 0 Å². The van der Waals surface area contributed by atoms with Crippen LogP contribution in [0.1, 0.15) is 17.0 Å². The lowest BCUT2D eigenvalue weighted by Crippen LogP contribution is -2.15. The number of fused-ring (bicyclic) bond motifs is 1. The van der Waals surface area contributed by atoms with Gasteiger partial charge in [-0.3, -0.25) is 0 Å². The molecule has 0 saturated carbocycles. The molecule has 0 unspecified atom stereocenters. The first-order chi connectivity index (χ1) is 13.1. The van der Waals surface area contributed by atoms with Gasteiger partial charge in [-0.1, -0.05) is 47.5 Å². The van der Waals surface area contributed by atoms with Gasteiger partial charge >= 0.3 is 0 Å². The second kappa shape index (κ2) is 8.00. The van der Waals surface area contributed by atoms with Crippen LogP contribution in [0.15, 0.2) is 54.9 Å². The van der Waals surface area contributed by atoms with E-state index in [4.69, 9.17) is 23.2 Å². The topological polar surface area (TPSA) is 66.5 Å². The Morgan fingerprint density at radius 1 is 0.926 bits per heavy atom. The van der Waals surface area contributed by atoms with Crippen molar-refractivity contribution in [1.82, 2.24) is 19.9 Å². The van der Waals surface area contributed by atoms with Crippen molar-refractivity contribution in [3.8, 4) is 0 Å². The Morgan fingerprint density at radius 2 is 1.52 bits per heavy atom. The van der Waals surface area contributed by atoms with E-state index in [0.717, 1.165) is 22.5 Å². The highest BCUT2D eigenvalue weighted by atomic mass is 127. The molecule has 2 heterocycles. The molecule has 0 aliphatic rings. The fourth-order valence-electron chi connectivity index (χ4n) is 2.95. The van der Waals surface area contributed by atoms with E-state index < -0.39 is 0 Å². The highest BCUT2D eigenvalue weighted by Gasteiger charge is 2.16. The van der Waals surface area contributed by atoms with E-state index in [2.05, 4.69) is 47.8 Å². The number of nitrogens with zero attached hydrogens (tertiary/aromatic N) is 3. The highest BCUT2D eigenvalue weighted by Crippen LogP contribution is 2.28. The number of aromatic amines is 1. The lowest BCUT2D eigenvalue weighted by atomic mass is 9.91. The maximum atomic E-state index is 6.06. The molecule has 0 aliphatic carbocycles. The van der Waals surface area contributed by atoms with Gasteiger partial charge < -0.3 is 10.3 Å². The van der Waals surface area contributed by atoms with E-state index in [1.54, 1.807) is 6.33 Å². The second-order valence-electron chi connectivity index (χ2n) is 5.98. The van der Waals surface area contributed by atoms with Gasteiger partial charge in [0.25, 0.3) is 0 Å². The average Bonchev–Trinajstić information content (AvgIpc) is 3.13. The molecule has 2 aromatic heterocycles. The highest BCUT2D eigenvalue weighted by molar-refractivity contribution is 14.1. The number of benzene rings is 2. The van der Waals surface area contributed by atoms with Gasteiger partial charge in [0.2, 0.25) is 0 Å². The lowest BCUT2D eigenvalue weighted by Gasteiger charge is -2.19. The summed E-state index contributed by atoms with van der Waals surface area (Å²) in [4.78, 5) is 16.2. The van der Waals surface area contributed by atoms with E-state index in [-0.39, 0.29) is 5.92 Å². The van der Waals surface area contributed by atoms with Crippen molar-refractivity contribution in [3.63, 3.8) is 0 Å². The molecule has 0 spiro atoms. The first-order valence-electron chi connectivity index (χ1n) is 8.21. The van der Waals surface area contributed by atoms with E-state index in [1.807, 2.05) is 48.5 Å². The number of hydrogen-bond acceptors (Lipinski definition) is 4. The Balaban J connectivity index is 1.67. The van der Waals surface area contributed by atoms with Crippen LogP contribution in [0.5, 0.6) is 0 Å². The normalized spacial score (nSPS) is 11.3. The Hall–Kier alpha value is -1.90. The SMILES string of the molecule is Clc1ccc(C(CNc2nc(I)nc3nc[nH]c23)c2ccc(Cl)cc2)cc1. The number of H-pyrrole nitrogens is 1.